The van der Waals surface area contributed by atoms with Gasteiger partial charge in [0.2, 0.25) is 5.89 Å². The van der Waals surface area contributed by atoms with E-state index >= 15 is 0 Å². The molecule has 1 aliphatic heterocycles. The van der Waals surface area contributed by atoms with Crippen molar-refractivity contribution in [1.82, 2.24) is 20.2 Å². The second-order valence-electron chi connectivity index (χ2n) is 6.37. The number of aliphatic hydroxyl groups is 1. The number of nitrogens with one attached hydrogen (secondary N) is 1. The maximum absolute atomic E-state index is 12.2. The van der Waals surface area contributed by atoms with Gasteiger partial charge in [-0.05, 0) is 18.6 Å². The molecule has 1 aliphatic rings. The molecular formula is C17H23N5O3. The topological polar surface area (TPSA) is 94.7 Å². The van der Waals surface area contributed by atoms with Gasteiger partial charge >= 0.3 is 0 Å². The molecule has 0 aromatic carbocycles. The van der Waals surface area contributed by atoms with Crippen LogP contribution in [-0.2, 0) is 13.1 Å². The number of likely N-dealkylation sites (tertiary alicyclic amines) is 1. The van der Waals surface area contributed by atoms with Crippen molar-refractivity contribution in [2.24, 2.45) is 0 Å². The number of carbonyl (C=O) groups excluding carboxylic acids is 1. The molecule has 0 unspecified atom stereocenters. The van der Waals surface area contributed by atoms with Gasteiger partial charge in [-0.15, -0.1) is 0 Å². The molecule has 1 amide bonds. The minimum atomic E-state index is -0.298. The molecule has 8 heteroatoms. The molecule has 25 heavy (non-hydrogen) atoms. The number of β-amino-alcohol motifs (C(OH)–C–C–N with tert-alkyl or cyclic N) is 1. The molecule has 1 atom stereocenters. The summed E-state index contributed by atoms with van der Waals surface area (Å²) in [4.78, 5) is 24.9. The Labute approximate surface area is 146 Å². The van der Waals surface area contributed by atoms with E-state index in [1.165, 1.54) is 6.26 Å². The van der Waals surface area contributed by atoms with E-state index in [9.17, 15) is 9.90 Å². The lowest BCUT2D eigenvalue weighted by molar-refractivity contribution is 0.0945. The lowest BCUT2D eigenvalue weighted by Crippen LogP contribution is -2.24. The standard InChI is InChI=1S/C17H23N5O3/c1-21(2)15-5-3-4-12(19-15)8-18-17(24)14-11-25-16(20-14)10-22-7-6-13(23)9-22/h3-5,11,13,23H,6-10H2,1-2H3,(H,18,24)/t13-/m0/s1. The summed E-state index contributed by atoms with van der Waals surface area (Å²) in [5.74, 6) is 1.02. The number of nitrogens with zero attached hydrogens (tertiary/aromatic N) is 4. The SMILES string of the molecule is CN(C)c1cccc(CNC(=O)c2coc(CN3CC[C@H](O)C3)n2)n1. The Bertz CT molecular complexity index is 731. The monoisotopic (exact) mass is 345 g/mol. The number of amides is 1. The van der Waals surface area contributed by atoms with E-state index in [1.807, 2.05) is 37.2 Å². The van der Waals surface area contributed by atoms with Crippen molar-refractivity contribution in [2.45, 2.75) is 25.6 Å². The number of pyridine rings is 1. The number of hydrogen-bond acceptors (Lipinski definition) is 7. The van der Waals surface area contributed by atoms with Crippen molar-refractivity contribution in [3.63, 3.8) is 0 Å². The molecule has 3 rings (SSSR count). The maximum Gasteiger partial charge on any atom is 0.273 e. The molecular weight excluding hydrogens is 322 g/mol. The first-order valence-electron chi connectivity index (χ1n) is 8.27. The van der Waals surface area contributed by atoms with E-state index < -0.39 is 0 Å². The number of aliphatic hydroxyl groups excluding tert-OH is 1. The van der Waals surface area contributed by atoms with Crippen LogP contribution in [0, 0.1) is 0 Å². The second kappa shape index (κ2) is 7.62. The van der Waals surface area contributed by atoms with E-state index in [1.54, 1.807) is 0 Å². The van der Waals surface area contributed by atoms with Crippen molar-refractivity contribution in [3.8, 4) is 0 Å². The van der Waals surface area contributed by atoms with Crippen LogP contribution in [0.15, 0.2) is 28.9 Å². The predicted molar refractivity (Wildman–Crippen MR) is 92.1 cm³/mol. The lowest BCUT2D eigenvalue weighted by atomic mass is 10.3. The summed E-state index contributed by atoms with van der Waals surface area (Å²) in [5, 5.41) is 12.3. The molecule has 2 aromatic heterocycles. The molecule has 0 bridgehead atoms. The van der Waals surface area contributed by atoms with Gasteiger partial charge in [0.05, 0.1) is 24.9 Å². The summed E-state index contributed by atoms with van der Waals surface area (Å²) >= 11 is 0. The number of oxazole rings is 1. The Hall–Kier alpha value is -2.45. The third-order valence-corrected chi connectivity index (χ3v) is 4.07. The molecule has 1 fully saturated rings. The quantitative estimate of drug-likeness (QED) is 0.793. The summed E-state index contributed by atoms with van der Waals surface area (Å²) < 4.78 is 5.37. The average molecular weight is 345 g/mol. The third-order valence-electron chi connectivity index (χ3n) is 4.07. The van der Waals surface area contributed by atoms with Gasteiger partial charge in [-0.3, -0.25) is 9.69 Å². The minimum absolute atomic E-state index is 0.249. The van der Waals surface area contributed by atoms with Crippen molar-refractivity contribution in [1.29, 1.82) is 0 Å². The summed E-state index contributed by atoms with van der Waals surface area (Å²) in [7, 11) is 3.84. The van der Waals surface area contributed by atoms with Crippen LogP contribution in [-0.4, -0.2) is 59.2 Å². The zero-order valence-electron chi connectivity index (χ0n) is 14.5. The van der Waals surface area contributed by atoms with Gasteiger partial charge in [-0.2, -0.15) is 0 Å². The third kappa shape index (κ3) is 4.55. The van der Waals surface area contributed by atoms with Gasteiger partial charge in [-0.1, -0.05) is 6.07 Å². The van der Waals surface area contributed by atoms with Crippen molar-refractivity contribution in [3.05, 3.63) is 41.7 Å². The van der Waals surface area contributed by atoms with E-state index in [-0.39, 0.29) is 17.7 Å². The van der Waals surface area contributed by atoms with Crippen molar-refractivity contribution >= 4 is 11.7 Å². The molecule has 0 spiro atoms. The highest BCUT2D eigenvalue weighted by atomic mass is 16.3. The first-order chi connectivity index (χ1) is 12.0. The Balaban J connectivity index is 1.54. The van der Waals surface area contributed by atoms with Crippen LogP contribution in [0.3, 0.4) is 0 Å². The van der Waals surface area contributed by atoms with Gasteiger partial charge in [-0.25, -0.2) is 9.97 Å². The Morgan fingerprint density at radius 2 is 2.28 bits per heavy atom. The molecule has 0 saturated carbocycles. The molecule has 134 valence electrons. The molecule has 0 radical (unpaired) electrons. The number of rotatable bonds is 6. The zero-order chi connectivity index (χ0) is 17.8. The normalized spacial score (nSPS) is 17.6. The highest BCUT2D eigenvalue weighted by molar-refractivity contribution is 5.91. The van der Waals surface area contributed by atoms with Crippen molar-refractivity contribution in [2.75, 3.05) is 32.1 Å². The highest BCUT2D eigenvalue weighted by Crippen LogP contribution is 2.13. The van der Waals surface area contributed by atoms with Crippen LogP contribution in [0.1, 0.15) is 28.5 Å². The van der Waals surface area contributed by atoms with E-state index in [0.29, 0.717) is 25.5 Å². The molecule has 1 saturated heterocycles. The summed E-state index contributed by atoms with van der Waals surface area (Å²) in [6, 6.07) is 5.67. The fraction of sp³-hybridized carbons (Fsp3) is 0.471. The fourth-order valence-electron chi connectivity index (χ4n) is 2.71. The van der Waals surface area contributed by atoms with E-state index in [2.05, 4.69) is 20.2 Å². The number of carbonyl (C=O) groups is 1. The highest BCUT2D eigenvalue weighted by Gasteiger charge is 2.22. The second-order valence-corrected chi connectivity index (χ2v) is 6.37. The van der Waals surface area contributed by atoms with Crippen LogP contribution < -0.4 is 10.2 Å². The fourth-order valence-corrected chi connectivity index (χ4v) is 2.71. The van der Waals surface area contributed by atoms with Gasteiger partial charge in [0.25, 0.3) is 5.91 Å². The first kappa shape index (κ1) is 17.4. The van der Waals surface area contributed by atoms with Gasteiger partial charge < -0.3 is 19.7 Å². The number of hydrogen-bond donors (Lipinski definition) is 2. The van der Waals surface area contributed by atoms with E-state index in [4.69, 9.17) is 4.42 Å². The number of aromatic nitrogens is 2. The predicted octanol–water partition coefficient (Wildman–Crippen LogP) is 0.632. The van der Waals surface area contributed by atoms with Crippen LogP contribution >= 0.6 is 0 Å². The number of anilines is 1. The lowest BCUT2D eigenvalue weighted by Gasteiger charge is -2.12. The Morgan fingerprint density at radius 3 is 3.00 bits per heavy atom. The molecule has 0 aliphatic carbocycles. The minimum Gasteiger partial charge on any atom is -0.447 e. The van der Waals surface area contributed by atoms with Crippen molar-refractivity contribution < 1.29 is 14.3 Å². The maximum atomic E-state index is 12.2. The Kier molecular flexibility index (Phi) is 5.30. The van der Waals surface area contributed by atoms with Gasteiger partial charge in [0.1, 0.15) is 12.1 Å². The Morgan fingerprint density at radius 1 is 1.44 bits per heavy atom. The van der Waals surface area contributed by atoms with Crippen LogP contribution in [0.4, 0.5) is 5.82 Å². The molecule has 8 nitrogen and oxygen atoms in total. The zero-order valence-corrected chi connectivity index (χ0v) is 14.5. The van der Waals surface area contributed by atoms with Crippen LogP contribution in [0.25, 0.3) is 0 Å². The summed E-state index contributed by atoms with van der Waals surface area (Å²) in [6.07, 6.45) is 1.83. The summed E-state index contributed by atoms with van der Waals surface area (Å²) in [5.41, 5.74) is 1.02. The average Bonchev–Trinajstić information content (AvgIpc) is 3.22. The van der Waals surface area contributed by atoms with Crippen LogP contribution in [0.2, 0.25) is 0 Å². The van der Waals surface area contributed by atoms with Gasteiger partial charge in [0.15, 0.2) is 5.69 Å². The molecule has 3 heterocycles. The van der Waals surface area contributed by atoms with Crippen LogP contribution in [0.5, 0.6) is 0 Å². The van der Waals surface area contributed by atoms with E-state index in [0.717, 1.165) is 24.5 Å². The van der Waals surface area contributed by atoms with Gasteiger partial charge in [0, 0.05) is 27.2 Å². The molecule has 2 aromatic rings. The molecule has 2 N–H and O–H groups in total. The largest absolute Gasteiger partial charge is 0.447 e. The first-order valence-corrected chi connectivity index (χ1v) is 8.27. The smallest absolute Gasteiger partial charge is 0.273 e. The summed E-state index contributed by atoms with van der Waals surface area (Å²) in [6.45, 7) is 2.23.